The van der Waals surface area contributed by atoms with Crippen LogP contribution in [-0.4, -0.2) is 59.5 Å². The van der Waals surface area contributed by atoms with Crippen molar-refractivity contribution in [2.75, 3.05) is 34.3 Å². The smallest absolute Gasteiger partial charge is 0.309 e. The molecule has 0 aliphatic carbocycles. The quantitative estimate of drug-likeness (QED) is 0.794. The summed E-state index contributed by atoms with van der Waals surface area (Å²) in [6.45, 7) is 1.11. The highest BCUT2D eigenvalue weighted by atomic mass is 16.4. The number of rotatable bonds is 4. The molecule has 0 unspecified atom stereocenters. The molecular formula is C14H23N2O3+. The van der Waals surface area contributed by atoms with Crippen molar-refractivity contribution in [2.45, 2.75) is 12.8 Å². The molecule has 106 valence electrons. The predicted octanol–water partition coefficient (Wildman–Crippen LogP) is 0.827. The van der Waals surface area contributed by atoms with Crippen LogP contribution in [0.1, 0.15) is 11.4 Å². The van der Waals surface area contributed by atoms with Gasteiger partial charge in [-0.15, -0.1) is 0 Å². The number of aliphatic hydroxyl groups is 1. The van der Waals surface area contributed by atoms with Gasteiger partial charge in [-0.3, -0.25) is 4.79 Å². The third kappa shape index (κ3) is 5.28. The van der Waals surface area contributed by atoms with Gasteiger partial charge in [0.05, 0.1) is 34.2 Å². The third-order valence-electron chi connectivity index (χ3n) is 2.77. The summed E-state index contributed by atoms with van der Waals surface area (Å²) in [4.78, 5) is 10.4. The topological polar surface area (TPSA) is 62.5 Å². The fourth-order valence-electron chi connectivity index (χ4n) is 1.77. The number of aromatic nitrogens is 1. The van der Waals surface area contributed by atoms with Crippen LogP contribution in [0.3, 0.4) is 0 Å². The molecule has 1 aromatic rings. The van der Waals surface area contributed by atoms with Crippen LogP contribution >= 0.6 is 0 Å². The zero-order valence-electron chi connectivity index (χ0n) is 11.8. The number of quaternary nitrogens is 1. The highest BCUT2D eigenvalue weighted by Gasteiger charge is 2.11. The standard InChI is InChI=1S/C9H9NO2.C5H14NO/c11-9(12)6-8-4-3-7-2-1-5-10(7)8;1-6(2,3)4-5-7/h1,3-5H,2,6H2,(H,11,12);7H,4-5H2,1-3H3/q;+1. The molecule has 0 aromatic carbocycles. The number of aliphatic carboxylic acids is 1. The molecule has 0 saturated carbocycles. The van der Waals surface area contributed by atoms with Crippen molar-refractivity contribution in [2.24, 2.45) is 0 Å². The summed E-state index contributed by atoms with van der Waals surface area (Å²) in [6, 6.07) is 3.84. The van der Waals surface area contributed by atoms with Crippen LogP contribution in [0.15, 0.2) is 18.2 Å². The molecule has 0 bridgehead atoms. The zero-order chi connectivity index (χ0) is 14.5. The Morgan fingerprint density at radius 3 is 2.53 bits per heavy atom. The van der Waals surface area contributed by atoms with E-state index < -0.39 is 5.97 Å². The van der Waals surface area contributed by atoms with E-state index in [0.717, 1.165) is 23.1 Å². The molecule has 0 radical (unpaired) electrons. The number of likely N-dealkylation sites (N-methyl/N-ethyl adjacent to an activating group) is 1. The minimum absolute atomic E-state index is 0.102. The molecule has 0 fully saturated rings. The lowest BCUT2D eigenvalue weighted by atomic mass is 10.3. The van der Waals surface area contributed by atoms with Crippen molar-refractivity contribution in [3.05, 3.63) is 29.6 Å². The average molecular weight is 267 g/mol. The van der Waals surface area contributed by atoms with Crippen LogP contribution in [0.5, 0.6) is 0 Å². The zero-order valence-corrected chi connectivity index (χ0v) is 11.8. The van der Waals surface area contributed by atoms with Crippen LogP contribution in [0, 0.1) is 0 Å². The summed E-state index contributed by atoms with van der Waals surface area (Å²) in [5.74, 6) is -0.781. The number of nitrogens with zero attached hydrogens (tertiary/aromatic N) is 2. The van der Waals surface area contributed by atoms with Gasteiger partial charge in [0.25, 0.3) is 0 Å². The number of hydrogen-bond donors (Lipinski definition) is 2. The Balaban J connectivity index is 0.000000224. The summed E-state index contributed by atoms with van der Waals surface area (Å²) in [6.07, 6.45) is 4.97. The molecule has 0 atom stereocenters. The second-order valence-electron chi connectivity index (χ2n) is 5.58. The van der Waals surface area contributed by atoms with Gasteiger partial charge in [0, 0.05) is 24.0 Å². The Labute approximate surface area is 114 Å². The summed E-state index contributed by atoms with van der Waals surface area (Å²) >= 11 is 0. The minimum Gasteiger partial charge on any atom is -0.481 e. The number of carbonyl (C=O) groups is 1. The van der Waals surface area contributed by atoms with E-state index in [-0.39, 0.29) is 13.0 Å². The summed E-state index contributed by atoms with van der Waals surface area (Å²) in [5, 5.41) is 17.0. The Morgan fingerprint density at radius 1 is 1.37 bits per heavy atom. The largest absolute Gasteiger partial charge is 0.481 e. The molecule has 5 heteroatoms. The molecule has 0 spiro atoms. The fraction of sp³-hybridized carbons (Fsp3) is 0.500. The van der Waals surface area contributed by atoms with Crippen LogP contribution in [-0.2, 0) is 17.6 Å². The fourth-order valence-corrected chi connectivity index (χ4v) is 1.77. The van der Waals surface area contributed by atoms with E-state index in [9.17, 15) is 4.79 Å². The molecule has 0 amide bonds. The molecule has 0 saturated heterocycles. The number of carboxylic acids is 1. The number of fused-ring (bicyclic) bond motifs is 1. The van der Waals surface area contributed by atoms with E-state index in [1.54, 1.807) is 0 Å². The van der Waals surface area contributed by atoms with Crippen molar-refractivity contribution in [1.82, 2.24) is 4.57 Å². The summed E-state index contributed by atoms with van der Waals surface area (Å²) in [5.41, 5.74) is 2.03. The van der Waals surface area contributed by atoms with Crippen LogP contribution < -0.4 is 0 Å². The van der Waals surface area contributed by atoms with Gasteiger partial charge in [-0.05, 0) is 12.1 Å². The van der Waals surface area contributed by atoms with Crippen molar-refractivity contribution < 1.29 is 19.5 Å². The highest BCUT2D eigenvalue weighted by molar-refractivity contribution is 5.70. The predicted molar refractivity (Wildman–Crippen MR) is 74.8 cm³/mol. The van der Waals surface area contributed by atoms with Gasteiger partial charge in [0.1, 0.15) is 6.54 Å². The van der Waals surface area contributed by atoms with Gasteiger partial charge in [-0.25, -0.2) is 0 Å². The monoisotopic (exact) mass is 267 g/mol. The van der Waals surface area contributed by atoms with Crippen LogP contribution in [0.2, 0.25) is 0 Å². The lowest BCUT2D eigenvalue weighted by Gasteiger charge is -2.21. The number of aliphatic hydroxyl groups excluding tert-OH is 1. The molecule has 2 N–H and O–H groups in total. The molecule has 2 rings (SSSR count). The second kappa shape index (κ2) is 6.54. The van der Waals surface area contributed by atoms with E-state index in [0.29, 0.717) is 0 Å². The van der Waals surface area contributed by atoms with Gasteiger partial charge < -0.3 is 19.3 Å². The second-order valence-corrected chi connectivity index (χ2v) is 5.58. The van der Waals surface area contributed by atoms with E-state index in [1.807, 2.05) is 29.0 Å². The lowest BCUT2D eigenvalue weighted by molar-refractivity contribution is -0.870. The van der Waals surface area contributed by atoms with E-state index in [2.05, 4.69) is 21.1 Å². The van der Waals surface area contributed by atoms with Gasteiger partial charge >= 0.3 is 5.97 Å². The SMILES string of the molecule is C[N+](C)(C)CCO.O=C(O)Cc1ccc2n1C=CC2. The maximum Gasteiger partial charge on any atom is 0.309 e. The minimum atomic E-state index is -0.781. The van der Waals surface area contributed by atoms with Crippen LogP contribution in [0.25, 0.3) is 6.20 Å². The van der Waals surface area contributed by atoms with E-state index in [1.165, 1.54) is 5.69 Å². The van der Waals surface area contributed by atoms with Crippen molar-refractivity contribution in [3.8, 4) is 0 Å². The third-order valence-corrected chi connectivity index (χ3v) is 2.77. The first kappa shape index (κ1) is 15.5. The first-order chi connectivity index (χ1) is 8.83. The Morgan fingerprint density at radius 2 is 2.05 bits per heavy atom. The highest BCUT2D eigenvalue weighted by Crippen LogP contribution is 2.16. The molecule has 2 heterocycles. The van der Waals surface area contributed by atoms with Gasteiger partial charge in [0.15, 0.2) is 0 Å². The van der Waals surface area contributed by atoms with Crippen molar-refractivity contribution in [3.63, 3.8) is 0 Å². The molecule has 5 nitrogen and oxygen atoms in total. The van der Waals surface area contributed by atoms with Gasteiger partial charge in [0.2, 0.25) is 0 Å². The lowest BCUT2D eigenvalue weighted by Crippen LogP contribution is -2.36. The van der Waals surface area contributed by atoms with Crippen molar-refractivity contribution >= 4 is 12.2 Å². The van der Waals surface area contributed by atoms with Crippen molar-refractivity contribution in [1.29, 1.82) is 0 Å². The normalized spacial score (nSPS) is 12.8. The molecular weight excluding hydrogens is 244 g/mol. The maximum atomic E-state index is 10.4. The summed E-state index contributed by atoms with van der Waals surface area (Å²) in [7, 11) is 6.16. The Bertz CT molecular complexity index is 456. The van der Waals surface area contributed by atoms with E-state index >= 15 is 0 Å². The van der Waals surface area contributed by atoms with E-state index in [4.69, 9.17) is 10.2 Å². The maximum absolute atomic E-state index is 10.4. The Kier molecular flexibility index (Phi) is 5.32. The molecule has 1 aromatic heterocycles. The number of allylic oxidation sites excluding steroid dienone is 1. The van der Waals surface area contributed by atoms with Crippen LogP contribution in [0.4, 0.5) is 0 Å². The Hall–Kier alpha value is -1.59. The summed E-state index contributed by atoms with van der Waals surface area (Å²) < 4.78 is 2.78. The molecule has 19 heavy (non-hydrogen) atoms. The van der Waals surface area contributed by atoms with Gasteiger partial charge in [-0.1, -0.05) is 6.08 Å². The molecule has 1 aliphatic rings. The number of hydrogen-bond acceptors (Lipinski definition) is 2. The van der Waals surface area contributed by atoms with Gasteiger partial charge in [-0.2, -0.15) is 0 Å². The first-order valence-electron chi connectivity index (χ1n) is 6.32. The molecule has 1 aliphatic heterocycles. The average Bonchev–Trinajstić information content (AvgIpc) is 2.81. The first-order valence-corrected chi connectivity index (χ1v) is 6.32. The number of carboxylic acid groups (broad SMARTS) is 1.